The van der Waals surface area contributed by atoms with Crippen molar-refractivity contribution >= 4 is 11.7 Å². The molecule has 1 atom stereocenters. The van der Waals surface area contributed by atoms with Gasteiger partial charge in [-0.05, 0) is 67.4 Å². The third kappa shape index (κ3) is 3.98. The number of nitrogens with zero attached hydrogens (tertiary/aromatic N) is 4. The second-order valence-electron chi connectivity index (χ2n) is 9.27. The molecule has 3 aromatic carbocycles. The second-order valence-corrected chi connectivity index (χ2v) is 9.27. The molecule has 1 aliphatic rings. The molecule has 6 nitrogen and oxygen atoms in total. The van der Waals surface area contributed by atoms with Gasteiger partial charge in [-0.3, -0.25) is 0 Å². The van der Waals surface area contributed by atoms with Gasteiger partial charge in [-0.1, -0.05) is 48.5 Å². The zero-order valence-electron chi connectivity index (χ0n) is 20.6. The van der Waals surface area contributed by atoms with Crippen LogP contribution in [0.25, 0.3) is 11.5 Å². The zero-order valence-corrected chi connectivity index (χ0v) is 20.6. The predicted octanol–water partition coefficient (Wildman–Crippen LogP) is 6.56. The van der Waals surface area contributed by atoms with E-state index in [0.29, 0.717) is 12.1 Å². The first-order valence-electron chi connectivity index (χ1n) is 12.2. The summed E-state index contributed by atoms with van der Waals surface area (Å²) in [7, 11) is 0. The molecule has 7 heteroatoms. The van der Waals surface area contributed by atoms with E-state index in [1.807, 2.05) is 97.5 Å². The number of rotatable bonds is 3. The van der Waals surface area contributed by atoms with Gasteiger partial charge in [0.15, 0.2) is 0 Å². The maximum Gasteiger partial charge on any atom is 0.322 e. The topological polar surface area (TPSA) is 55.1 Å². The highest BCUT2D eigenvalue weighted by Gasteiger charge is 2.36. The number of urea groups is 1. The molecule has 2 amide bonds. The molecule has 1 unspecified atom stereocenters. The summed E-state index contributed by atoms with van der Waals surface area (Å²) in [6.45, 7) is 4.22. The molecule has 184 valence electrons. The van der Waals surface area contributed by atoms with Gasteiger partial charge in [0.1, 0.15) is 11.6 Å². The van der Waals surface area contributed by atoms with E-state index in [0.717, 1.165) is 39.7 Å². The van der Waals surface area contributed by atoms with Gasteiger partial charge in [-0.25, -0.2) is 13.9 Å². The standard InChI is InChI=1S/C30H26FN5O/c1-20-10-6-7-15-26(20)32-30(37)35-19-25-21(2)33-36(24-13-4-3-5-14-24)29(25)34-17-9-16-27(34)28(35)22-11-8-12-23(31)18-22/h3-18,28H,19H2,1-2H3,(H,32,37). The van der Waals surface area contributed by atoms with Crippen molar-refractivity contribution < 1.29 is 9.18 Å². The minimum atomic E-state index is -0.522. The summed E-state index contributed by atoms with van der Waals surface area (Å²) in [4.78, 5) is 15.7. The number of anilines is 1. The molecular weight excluding hydrogens is 465 g/mol. The van der Waals surface area contributed by atoms with Gasteiger partial charge < -0.3 is 14.8 Å². The van der Waals surface area contributed by atoms with Crippen LogP contribution >= 0.6 is 0 Å². The number of halogens is 1. The lowest BCUT2D eigenvalue weighted by molar-refractivity contribution is 0.194. The van der Waals surface area contributed by atoms with Crippen LogP contribution < -0.4 is 5.32 Å². The minimum Gasteiger partial charge on any atom is -0.308 e. The van der Waals surface area contributed by atoms with E-state index in [1.165, 1.54) is 12.1 Å². The van der Waals surface area contributed by atoms with Crippen LogP contribution in [0.2, 0.25) is 0 Å². The van der Waals surface area contributed by atoms with E-state index in [1.54, 1.807) is 11.0 Å². The Morgan fingerprint density at radius 3 is 2.51 bits per heavy atom. The van der Waals surface area contributed by atoms with Crippen molar-refractivity contribution in [2.24, 2.45) is 0 Å². The zero-order chi connectivity index (χ0) is 25.5. The summed E-state index contributed by atoms with van der Waals surface area (Å²) >= 11 is 0. The summed E-state index contributed by atoms with van der Waals surface area (Å²) in [5.74, 6) is 0.527. The van der Waals surface area contributed by atoms with Crippen molar-refractivity contribution in [3.63, 3.8) is 0 Å². The Labute approximate surface area is 214 Å². The number of hydrogen-bond donors (Lipinski definition) is 1. The summed E-state index contributed by atoms with van der Waals surface area (Å²) in [5, 5.41) is 7.95. The van der Waals surface area contributed by atoms with Crippen molar-refractivity contribution in [2.75, 3.05) is 5.32 Å². The SMILES string of the molecule is Cc1ccccc1NC(=O)N1Cc2c(C)nn(-c3ccccc3)c2-n2cccc2C1c1cccc(F)c1. The van der Waals surface area contributed by atoms with Crippen LogP contribution in [0.1, 0.15) is 34.1 Å². The lowest BCUT2D eigenvalue weighted by Crippen LogP contribution is -2.38. The van der Waals surface area contributed by atoms with Crippen molar-refractivity contribution in [1.29, 1.82) is 0 Å². The van der Waals surface area contributed by atoms with E-state index in [2.05, 4.69) is 9.88 Å². The first-order valence-corrected chi connectivity index (χ1v) is 12.2. The Balaban J connectivity index is 1.55. The van der Waals surface area contributed by atoms with E-state index in [-0.39, 0.29) is 11.8 Å². The van der Waals surface area contributed by atoms with Crippen LogP contribution in [0, 0.1) is 19.7 Å². The third-order valence-electron chi connectivity index (χ3n) is 6.90. The van der Waals surface area contributed by atoms with Crippen LogP contribution in [-0.4, -0.2) is 25.3 Å². The third-order valence-corrected chi connectivity index (χ3v) is 6.90. The lowest BCUT2D eigenvalue weighted by atomic mass is 10.0. The Hall–Kier alpha value is -4.65. The smallest absolute Gasteiger partial charge is 0.308 e. The van der Waals surface area contributed by atoms with Crippen molar-refractivity contribution in [3.8, 4) is 11.5 Å². The summed E-state index contributed by atoms with van der Waals surface area (Å²) < 4.78 is 18.5. The first kappa shape index (κ1) is 22.8. The number of carbonyl (C=O) groups excluding carboxylic acids is 1. The number of hydrogen-bond acceptors (Lipinski definition) is 2. The number of aromatic nitrogens is 3. The number of carbonyl (C=O) groups is 1. The molecule has 0 saturated carbocycles. The maximum atomic E-state index is 14.5. The van der Waals surface area contributed by atoms with Gasteiger partial charge in [0, 0.05) is 17.4 Å². The molecule has 0 saturated heterocycles. The number of amides is 2. The Kier molecular flexibility index (Phi) is 5.60. The molecule has 0 fully saturated rings. The monoisotopic (exact) mass is 491 g/mol. The van der Waals surface area contributed by atoms with E-state index >= 15 is 0 Å². The fourth-order valence-electron chi connectivity index (χ4n) is 5.08. The maximum absolute atomic E-state index is 14.5. The number of nitrogens with one attached hydrogen (secondary N) is 1. The molecule has 6 rings (SSSR count). The van der Waals surface area contributed by atoms with Crippen molar-refractivity contribution in [2.45, 2.75) is 26.4 Å². The highest BCUT2D eigenvalue weighted by molar-refractivity contribution is 5.91. The van der Waals surface area contributed by atoms with Crippen LogP contribution in [0.5, 0.6) is 0 Å². The predicted molar refractivity (Wildman–Crippen MR) is 142 cm³/mol. The molecular formula is C30H26FN5O. The highest BCUT2D eigenvalue weighted by Crippen LogP contribution is 2.39. The number of aryl methyl sites for hydroxylation is 2. The lowest BCUT2D eigenvalue weighted by Gasteiger charge is -2.31. The van der Waals surface area contributed by atoms with Gasteiger partial charge >= 0.3 is 6.03 Å². The Morgan fingerprint density at radius 2 is 1.73 bits per heavy atom. The van der Waals surface area contributed by atoms with E-state index in [4.69, 9.17) is 5.10 Å². The quantitative estimate of drug-likeness (QED) is 0.311. The molecule has 1 N–H and O–H groups in total. The largest absolute Gasteiger partial charge is 0.322 e. The van der Waals surface area contributed by atoms with E-state index < -0.39 is 6.04 Å². The highest BCUT2D eigenvalue weighted by atomic mass is 19.1. The van der Waals surface area contributed by atoms with Crippen LogP contribution in [0.15, 0.2) is 97.2 Å². The van der Waals surface area contributed by atoms with Gasteiger partial charge in [0.2, 0.25) is 0 Å². The van der Waals surface area contributed by atoms with Gasteiger partial charge in [-0.2, -0.15) is 5.10 Å². The molecule has 37 heavy (non-hydrogen) atoms. The molecule has 5 aromatic rings. The summed E-state index contributed by atoms with van der Waals surface area (Å²) in [6.07, 6.45) is 1.98. The molecule has 0 spiro atoms. The van der Waals surface area contributed by atoms with Crippen LogP contribution in [-0.2, 0) is 6.54 Å². The van der Waals surface area contributed by atoms with Crippen molar-refractivity contribution in [3.05, 3.63) is 131 Å². The van der Waals surface area contributed by atoms with Crippen molar-refractivity contribution in [1.82, 2.24) is 19.2 Å². The Bertz CT molecular complexity index is 1600. The molecule has 0 aliphatic carbocycles. The van der Waals surface area contributed by atoms with Gasteiger partial charge in [-0.15, -0.1) is 0 Å². The number of fused-ring (bicyclic) bond motifs is 3. The summed E-state index contributed by atoms with van der Waals surface area (Å²) in [5.41, 5.74) is 5.93. The van der Waals surface area contributed by atoms with Crippen LogP contribution in [0.4, 0.5) is 14.9 Å². The summed E-state index contributed by atoms with van der Waals surface area (Å²) in [6, 6.07) is 27.2. The molecule has 0 bridgehead atoms. The fourth-order valence-corrected chi connectivity index (χ4v) is 5.08. The second kappa shape index (κ2) is 9.09. The van der Waals surface area contributed by atoms with Crippen LogP contribution in [0.3, 0.4) is 0 Å². The molecule has 2 aromatic heterocycles. The van der Waals surface area contributed by atoms with Gasteiger partial charge in [0.05, 0.1) is 29.7 Å². The number of benzene rings is 3. The average molecular weight is 492 g/mol. The minimum absolute atomic E-state index is 0.268. The first-order chi connectivity index (χ1) is 18.0. The average Bonchev–Trinajstić information content (AvgIpc) is 3.46. The molecule has 0 radical (unpaired) electrons. The molecule has 3 heterocycles. The van der Waals surface area contributed by atoms with Gasteiger partial charge in [0.25, 0.3) is 0 Å². The fraction of sp³-hybridized carbons (Fsp3) is 0.133. The normalized spacial score (nSPS) is 14.6. The molecule has 1 aliphatic heterocycles. The number of para-hydroxylation sites is 2. The Morgan fingerprint density at radius 1 is 0.946 bits per heavy atom. The van der Waals surface area contributed by atoms with E-state index in [9.17, 15) is 9.18 Å².